The van der Waals surface area contributed by atoms with Crippen LogP contribution in [0.4, 0.5) is 11.4 Å². The Hall–Kier alpha value is -1.64. The number of aryl methyl sites for hydroxylation is 1. The number of anilines is 2. The van der Waals surface area contributed by atoms with Crippen LogP contribution < -0.4 is 17.2 Å². The third-order valence-corrected chi connectivity index (χ3v) is 1.75. The molecule has 0 aliphatic heterocycles. The fraction of sp³-hybridized carbons (Fsp3) is 0.111. The Labute approximate surface area is 71.9 Å². The van der Waals surface area contributed by atoms with E-state index < -0.39 is 0 Å². The van der Waals surface area contributed by atoms with Crippen molar-refractivity contribution in [3.63, 3.8) is 0 Å². The summed E-state index contributed by atoms with van der Waals surface area (Å²) in [6.45, 7) is 1.92. The maximum atomic E-state index is 5.71. The van der Waals surface area contributed by atoms with Crippen molar-refractivity contribution in [1.82, 2.24) is 0 Å². The SMILES string of the molecule is Cc1cc(N)c(/C=C\N)cc1N. The molecule has 0 unspecified atom stereocenters. The number of hydrogen-bond acceptors (Lipinski definition) is 3. The Balaban J connectivity index is 3.23. The van der Waals surface area contributed by atoms with Gasteiger partial charge in [-0.2, -0.15) is 0 Å². The van der Waals surface area contributed by atoms with Crippen LogP contribution in [0, 0.1) is 6.92 Å². The standard InChI is InChI=1S/C9H13N3/c1-6-4-9(12)7(2-3-10)5-8(6)11/h2-5H,10-12H2,1H3/b3-2-. The highest BCUT2D eigenvalue weighted by Crippen LogP contribution is 2.20. The molecule has 3 nitrogen and oxygen atoms in total. The first-order chi connectivity index (χ1) is 5.65. The van der Waals surface area contributed by atoms with Crippen LogP contribution in [0.2, 0.25) is 0 Å². The van der Waals surface area contributed by atoms with E-state index in [1.165, 1.54) is 6.20 Å². The van der Waals surface area contributed by atoms with Gasteiger partial charge in [0.15, 0.2) is 0 Å². The molecule has 0 atom stereocenters. The number of nitrogen functional groups attached to an aromatic ring is 2. The second-order valence-corrected chi connectivity index (χ2v) is 2.70. The van der Waals surface area contributed by atoms with Gasteiger partial charge in [-0.3, -0.25) is 0 Å². The molecule has 1 aromatic rings. The van der Waals surface area contributed by atoms with Gasteiger partial charge in [-0.05, 0) is 36.9 Å². The summed E-state index contributed by atoms with van der Waals surface area (Å²) < 4.78 is 0. The molecule has 0 radical (unpaired) electrons. The molecule has 12 heavy (non-hydrogen) atoms. The molecule has 1 rings (SSSR count). The predicted molar refractivity (Wildman–Crippen MR) is 53.2 cm³/mol. The van der Waals surface area contributed by atoms with Gasteiger partial charge in [-0.25, -0.2) is 0 Å². The van der Waals surface area contributed by atoms with Crippen LogP contribution in [-0.4, -0.2) is 0 Å². The second-order valence-electron chi connectivity index (χ2n) is 2.70. The third kappa shape index (κ3) is 1.50. The smallest absolute Gasteiger partial charge is 0.0392 e. The minimum atomic E-state index is 0.698. The van der Waals surface area contributed by atoms with Crippen molar-refractivity contribution < 1.29 is 0 Å². The Morgan fingerprint density at radius 2 is 1.83 bits per heavy atom. The molecular formula is C9H13N3. The van der Waals surface area contributed by atoms with E-state index in [0.29, 0.717) is 5.69 Å². The lowest BCUT2D eigenvalue weighted by Gasteiger charge is -2.04. The molecule has 0 bridgehead atoms. The molecule has 1 aromatic carbocycles. The first-order valence-corrected chi connectivity index (χ1v) is 3.69. The van der Waals surface area contributed by atoms with Crippen molar-refractivity contribution in [2.45, 2.75) is 6.92 Å². The van der Waals surface area contributed by atoms with Crippen LogP contribution in [0.3, 0.4) is 0 Å². The summed E-state index contributed by atoms with van der Waals surface area (Å²) in [6.07, 6.45) is 3.17. The number of benzene rings is 1. The first-order valence-electron chi connectivity index (χ1n) is 3.69. The van der Waals surface area contributed by atoms with Gasteiger partial charge in [0.2, 0.25) is 0 Å². The molecular weight excluding hydrogens is 150 g/mol. The number of rotatable bonds is 1. The summed E-state index contributed by atoms with van der Waals surface area (Å²) in [5.41, 5.74) is 19.9. The van der Waals surface area contributed by atoms with Crippen LogP contribution in [0.1, 0.15) is 11.1 Å². The van der Waals surface area contributed by atoms with Gasteiger partial charge in [0.25, 0.3) is 0 Å². The zero-order valence-corrected chi connectivity index (χ0v) is 7.04. The van der Waals surface area contributed by atoms with Gasteiger partial charge >= 0.3 is 0 Å². The van der Waals surface area contributed by atoms with Crippen molar-refractivity contribution in [3.05, 3.63) is 29.5 Å². The molecule has 0 heterocycles. The highest BCUT2D eigenvalue weighted by atomic mass is 14.6. The van der Waals surface area contributed by atoms with E-state index in [9.17, 15) is 0 Å². The average molecular weight is 163 g/mol. The Morgan fingerprint density at radius 3 is 2.42 bits per heavy atom. The molecule has 3 heteroatoms. The Kier molecular flexibility index (Phi) is 2.24. The van der Waals surface area contributed by atoms with Gasteiger partial charge in [0.05, 0.1) is 0 Å². The summed E-state index contributed by atoms with van der Waals surface area (Å²) in [4.78, 5) is 0. The maximum absolute atomic E-state index is 5.71. The largest absolute Gasteiger partial charge is 0.405 e. The zero-order chi connectivity index (χ0) is 9.14. The van der Waals surface area contributed by atoms with Crippen LogP contribution in [0.15, 0.2) is 18.3 Å². The van der Waals surface area contributed by atoms with Gasteiger partial charge in [0.1, 0.15) is 0 Å². The molecule has 0 aliphatic carbocycles. The van der Waals surface area contributed by atoms with E-state index in [1.807, 2.05) is 19.1 Å². The molecule has 0 aliphatic rings. The van der Waals surface area contributed by atoms with Gasteiger partial charge in [-0.15, -0.1) is 0 Å². The fourth-order valence-electron chi connectivity index (χ4n) is 1.01. The Morgan fingerprint density at radius 1 is 1.17 bits per heavy atom. The molecule has 0 saturated heterocycles. The second kappa shape index (κ2) is 3.17. The number of nitrogens with two attached hydrogens (primary N) is 3. The summed E-state index contributed by atoms with van der Waals surface area (Å²) in [5, 5.41) is 0. The van der Waals surface area contributed by atoms with Crippen molar-refractivity contribution in [1.29, 1.82) is 0 Å². The van der Waals surface area contributed by atoms with E-state index in [4.69, 9.17) is 17.2 Å². The zero-order valence-electron chi connectivity index (χ0n) is 7.04. The van der Waals surface area contributed by atoms with Crippen molar-refractivity contribution in [2.24, 2.45) is 5.73 Å². The van der Waals surface area contributed by atoms with Gasteiger partial charge in [0, 0.05) is 16.9 Å². The lowest BCUT2D eigenvalue weighted by atomic mass is 10.1. The van der Waals surface area contributed by atoms with Crippen molar-refractivity contribution >= 4 is 17.5 Å². The van der Waals surface area contributed by atoms with E-state index in [0.717, 1.165) is 16.8 Å². The monoisotopic (exact) mass is 163 g/mol. The predicted octanol–water partition coefficient (Wildman–Crippen LogP) is 1.09. The minimum Gasteiger partial charge on any atom is -0.405 e. The highest BCUT2D eigenvalue weighted by Gasteiger charge is 1.98. The lowest BCUT2D eigenvalue weighted by molar-refractivity contribution is 1.46. The third-order valence-electron chi connectivity index (χ3n) is 1.75. The number of hydrogen-bond donors (Lipinski definition) is 3. The molecule has 64 valence electrons. The average Bonchev–Trinajstić information content (AvgIpc) is 2.01. The minimum absolute atomic E-state index is 0.698. The fourth-order valence-corrected chi connectivity index (χ4v) is 1.01. The Bertz CT molecular complexity index is 316. The maximum Gasteiger partial charge on any atom is 0.0392 e. The van der Waals surface area contributed by atoms with Crippen LogP contribution in [0.25, 0.3) is 6.08 Å². The molecule has 0 aromatic heterocycles. The van der Waals surface area contributed by atoms with E-state index >= 15 is 0 Å². The van der Waals surface area contributed by atoms with E-state index in [-0.39, 0.29) is 0 Å². The quantitative estimate of drug-likeness (QED) is 0.542. The van der Waals surface area contributed by atoms with Crippen LogP contribution in [0.5, 0.6) is 0 Å². The van der Waals surface area contributed by atoms with Gasteiger partial charge < -0.3 is 17.2 Å². The summed E-state index contributed by atoms with van der Waals surface area (Å²) in [7, 11) is 0. The molecule has 0 spiro atoms. The van der Waals surface area contributed by atoms with Gasteiger partial charge in [-0.1, -0.05) is 0 Å². The molecule has 0 amide bonds. The van der Waals surface area contributed by atoms with Crippen molar-refractivity contribution in [3.8, 4) is 0 Å². The normalized spacial score (nSPS) is 10.8. The van der Waals surface area contributed by atoms with E-state index in [1.54, 1.807) is 6.08 Å². The summed E-state index contributed by atoms with van der Waals surface area (Å²) in [6, 6.07) is 3.65. The van der Waals surface area contributed by atoms with Crippen molar-refractivity contribution in [2.75, 3.05) is 11.5 Å². The molecule has 6 N–H and O–H groups in total. The van der Waals surface area contributed by atoms with E-state index in [2.05, 4.69) is 0 Å². The summed E-state index contributed by atoms with van der Waals surface area (Å²) >= 11 is 0. The topological polar surface area (TPSA) is 78.1 Å². The van der Waals surface area contributed by atoms with Crippen LogP contribution in [-0.2, 0) is 0 Å². The molecule has 0 saturated carbocycles. The lowest BCUT2D eigenvalue weighted by Crippen LogP contribution is -1.96. The van der Waals surface area contributed by atoms with Crippen LogP contribution >= 0.6 is 0 Å². The first kappa shape index (κ1) is 8.46. The highest BCUT2D eigenvalue weighted by molar-refractivity contribution is 5.70. The summed E-state index contributed by atoms with van der Waals surface area (Å²) in [5.74, 6) is 0. The molecule has 0 fully saturated rings.